The molecule has 0 aliphatic carbocycles. The van der Waals surface area contributed by atoms with Gasteiger partial charge in [-0.25, -0.2) is 0 Å². The Hall–Kier alpha value is -1.42. The van der Waals surface area contributed by atoms with Gasteiger partial charge >= 0.3 is 0 Å². The smallest absolute Gasteiger partial charge is 0.254 e. The van der Waals surface area contributed by atoms with Gasteiger partial charge in [0, 0.05) is 18.7 Å². The average molecular weight is 354 g/mol. The van der Waals surface area contributed by atoms with Crippen LogP contribution in [-0.2, 0) is 0 Å². The highest BCUT2D eigenvalue weighted by Gasteiger charge is 2.23. The first-order valence-electron chi connectivity index (χ1n) is 8.72. The summed E-state index contributed by atoms with van der Waals surface area (Å²) in [6.45, 7) is 8.68. The number of hydrogen-bond donors (Lipinski definition) is 0. The standard InChI is InChI=1S/C19H28ClNO3/c1-13(2)7-10-24-18-16(20)11-15(12-17(18)23-4)19(22)21-8-5-14(3)6-9-21/h11-14H,5-10H2,1-4H3. The molecular weight excluding hydrogens is 326 g/mol. The second kappa shape index (κ2) is 8.61. The summed E-state index contributed by atoms with van der Waals surface area (Å²) in [5, 5.41) is 0.423. The van der Waals surface area contributed by atoms with Crippen LogP contribution in [0.3, 0.4) is 0 Å². The van der Waals surface area contributed by atoms with Crippen molar-refractivity contribution in [3.05, 3.63) is 22.7 Å². The molecule has 1 aromatic carbocycles. The van der Waals surface area contributed by atoms with Gasteiger partial charge in [0.2, 0.25) is 0 Å². The maximum atomic E-state index is 12.7. The van der Waals surface area contributed by atoms with Gasteiger partial charge in [-0.2, -0.15) is 0 Å². The molecule has 1 fully saturated rings. The van der Waals surface area contributed by atoms with E-state index in [1.54, 1.807) is 19.2 Å². The summed E-state index contributed by atoms with van der Waals surface area (Å²) in [5.74, 6) is 2.28. The van der Waals surface area contributed by atoms with Crippen molar-refractivity contribution in [2.75, 3.05) is 26.8 Å². The van der Waals surface area contributed by atoms with Crippen LogP contribution in [0.2, 0.25) is 5.02 Å². The molecule has 0 spiro atoms. The normalized spacial score (nSPS) is 15.7. The first-order valence-corrected chi connectivity index (χ1v) is 9.09. The zero-order valence-corrected chi connectivity index (χ0v) is 15.9. The molecule has 1 amide bonds. The van der Waals surface area contributed by atoms with E-state index in [-0.39, 0.29) is 5.91 Å². The number of benzene rings is 1. The van der Waals surface area contributed by atoms with Crippen molar-refractivity contribution in [3.63, 3.8) is 0 Å². The minimum Gasteiger partial charge on any atom is -0.493 e. The Morgan fingerprint density at radius 3 is 2.58 bits per heavy atom. The van der Waals surface area contributed by atoms with Crippen LogP contribution in [0.5, 0.6) is 11.5 Å². The van der Waals surface area contributed by atoms with Gasteiger partial charge in [0.15, 0.2) is 11.5 Å². The Labute approximate surface area is 150 Å². The molecule has 24 heavy (non-hydrogen) atoms. The van der Waals surface area contributed by atoms with Crippen LogP contribution >= 0.6 is 11.6 Å². The maximum absolute atomic E-state index is 12.7. The highest BCUT2D eigenvalue weighted by Crippen LogP contribution is 2.37. The SMILES string of the molecule is COc1cc(C(=O)N2CCC(C)CC2)cc(Cl)c1OCCC(C)C. The van der Waals surface area contributed by atoms with E-state index in [1.807, 2.05) is 4.90 Å². The van der Waals surface area contributed by atoms with Crippen LogP contribution in [0, 0.1) is 11.8 Å². The molecule has 1 aliphatic heterocycles. The molecule has 1 aromatic rings. The monoisotopic (exact) mass is 353 g/mol. The number of carbonyl (C=O) groups is 1. The number of carbonyl (C=O) groups excluding carboxylic acids is 1. The van der Waals surface area contributed by atoms with Gasteiger partial charge in [-0.05, 0) is 43.2 Å². The number of methoxy groups -OCH3 is 1. The molecule has 1 aliphatic rings. The summed E-state index contributed by atoms with van der Waals surface area (Å²) in [5.41, 5.74) is 0.558. The van der Waals surface area contributed by atoms with Crippen LogP contribution in [0.4, 0.5) is 0 Å². The average Bonchev–Trinajstić information content (AvgIpc) is 2.55. The van der Waals surface area contributed by atoms with Crippen molar-refractivity contribution in [1.82, 2.24) is 4.90 Å². The summed E-state index contributed by atoms with van der Waals surface area (Å²) in [6, 6.07) is 3.42. The van der Waals surface area contributed by atoms with Gasteiger partial charge in [-0.15, -0.1) is 0 Å². The van der Waals surface area contributed by atoms with Crippen molar-refractivity contribution in [1.29, 1.82) is 0 Å². The molecule has 4 nitrogen and oxygen atoms in total. The lowest BCUT2D eigenvalue weighted by Crippen LogP contribution is -2.37. The molecule has 2 rings (SSSR count). The molecule has 134 valence electrons. The number of rotatable bonds is 6. The highest BCUT2D eigenvalue weighted by atomic mass is 35.5. The maximum Gasteiger partial charge on any atom is 0.254 e. The quantitative estimate of drug-likeness (QED) is 0.747. The van der Waals surface area contributed by atoms with Crippen LogP contribution in [0.1, 0.15) is 50.4 Å². The number of amides is 1. The van der Waals surface area contributed by atoms with E-state index < -0.39 is 0 Å². The van der Waals surface area contributed by atoms with Gasteiger partial charge in [0.05, 0.1) is 18.7 Å². The Morgan fingerprint density at radius 1 is 1.33 bits per heavy atom. The second-order valence-corrected chi connectivity index (χ2v) is 7.40. The summed E-state index contributed by atoms with van der Waals surface area (Å²) in [6.07, 6.45) is 3.03. The number of ether oxygens (including phenoxy) is 2. The first-order chi connectivity index (χ1) is 11.4. The van der Waals surface area contributed by atoms with Crippen molar-refractivity contribution >= 4 is 17.5 Å². The third-order valence-corrected chi connectivity index (χ3v) is 4.77. The van der Waals surface area contributed by atoms with Crippen molar-refractivity contribution in [2.24, 2.45) is 11.8 Å². The molecule has 0 atom stereocenters. The van der Waals surface area contributed by atoms with E-state index in [4.69, 9.17) is 21.1 Å². The van der Waals surface area contributed by atoms with Crippen molar-refractivity contribution in [3.8, 4) is 11.5 Å². The number of nitrogens with zero attached hydrogens (tertiary/aromatic N) is 1. The number of halogens is 1. The molecule has 0 aromatic heterocycles. The summed E-state index contributed by atoms with van der Waals surface area (Å²) in [7, 11) is 1.57. The fourth-order valence-corrected chi connectivity index (χ4v) is 3.04. The molecule has 1 heterocycles. The number of likely N-dealkylation sites (tertiary alicyclic amines) is 1. The van der Waals surface area contributed by atoms with Crippen molar-refractivity contribution < 1.29 is 14.3 Å². The van der Waals surface area contributed by atoms with E-state index >= 15 is 0 Å². The van der Waals surface area contributed by atoms with Gasteiger partial charge in [0.1, 0.15) is 0 Å². The van der Waals surface area contributed by atoms with E-state index in [0.717, 1.165) is 32.4 Å². The Bertz CT molecular complexity index is 566. The van der Waals surface area contributed by atoms with Gasteiger partial charge in [-0.3, -0.25) is 4.79 Å². The molecular formula is C19H28ClNO3. The lowest BCUT2D eigenvalue weighted by atomic mass is 9.98. The zero-order chi connectivity index (χ0) is 17.7. The molecule has 0 radical (unpaired) electrons. The molecule has 0 unspecified atom stereocenters. The van der Waals surface area contributed by atoms with Gasteiger partial charge in [0.25, 0.3) is 5.91 Å². The Kier molecular flexibility index (Phi) is 6.79. The summed E-state index contributed by atoms with van der Waals surface area (Å²) in [4.78, 5) is 14.6. The van der Waals surface area contributed by atoms with E-state index in [0.29, 0.717) is 40.5 Å². The van der Waals surface area contributed by atoms with Crippen LogP contribution < -0.4 is 9.47 Å². The van der Waals surface area contributed by atoms with Crippen LogP contribution in [0.25, 0.3) is 0 Å². The minimum atomic E-state index is 0.0100. The largest absolute Gasteiger partial charge is 0.493 e. The fraction of sp³-hybridized carbons (Fsp3) is 0.632. The number of hydrogen-bond acceptors (Lipinski definition) is 3. The first kappa shape index (κ1) is 18.9. The second-order valence-electron chi connectivity index (χ2n) is 7.00. The molecule has 1 saturated heterocycles. The third-order valence-electron chi connectivity index (χ3n) is 4.49. The Balaban J connectivity index is 2.14. The topological polar surface area (TPSA) is 38.8 Å². The molecule has 0 N–H and O–H groups in total. The number of piperidine rings is 1. The fourth-order valence-electron chi connectivity index (χ4n) is 2.77. The summed E-state index contributed by atoms with van der Waals surface area (Å²) < 4.78 is 11.2. The Morgan fingerprint density at radius 2 is 2.00 bits per heavy atom. The van der Waals surface area contributed by atoms with E-state index in [9.17, 15) is 4.79 Å². The lowest BCUT2D eigenvalue weighted by Gasteiger charge is -2.30. The van der Waals surface area contributed by atoms with E-state index in [2.05, 4.69) is 20.8 Å². The lowest BCUT2D eigenvalue weighted by molar-refractivity contribution is 0.0697. The van der Waals surface area contributed by atoms with Crippen LogP contribution in [-0.4, -0.2) is 37.6 Å². The molecule has 0 saturated carbocycles. The highest BCUT2D eigenvalue weighted by molar-refractivity contribution is 6.32. The van der Waals surface area contributed by atoms with Crippen LogP contribution in [0.15, 0.2) is 12.1 Å². The minimum absolute atomic E-state index is 0.0100. The molecule has 5 heteroatoms. The predicted octanol–water partition coefficient (Wildman–Crippen LogP) is 4.65. The zero-order valence-electron chi connectivity index (χ0n) is 15.1. The van der Waals surface area contributed by atoms with Gasteiger partial charge < -0.3 is 14.4 Å². The third kappa shape index (κ3) is 4.79. The van der Waals surface area contributed by atoms with Crippen molar-refractivity contribution in [2.45, 2.75) is 40.0 Å². The van der Waals surface area contributed by atoms with E-state index in [1.165, 1.54) is 0 Å². The summed E-state index contributed by atoms with van der Waals surface area (Å²) >= 11 is 6.36. The molecule has 0 bridgehead atoms. The van der Waals surface area contributed by atoms with Gasteiger partial charge in [-0.1, -0.05) is 32.4 Å². The predicted molar refractivity (Wildman–Crippen MR) is 97.3 cm³/mol.